The van der Waals surface area contributed by atoms with Crippen LogP contribution >= 0.6 is 0 Å². The van der Waals surface area contributed by atoms with Gasteiger partial charge >= 0.3 is 0 Å². The number of phenols is 1. The predicted octanol–water partition coefficient (Wildman–Crippen LogP) is 5.02. The third-order valence-corrected chi connectivity index (χ3v) is 10.00. The van der Waals surface area contributed by atoms with E-state index in [1.807, 2.05) is 6.07 Å². The number of likely N-dealkylation sites (tertiary alicyclic amines) is 1. The van der Waals surface area contributed by atoms with Crippen molar-refractivity contribution in [2.75, 3.05) is 19.7 Å². The lowest BCUT2D eigenvalue weighted by Crippen LogP contribution is -2.75. The molecular formula is C30H34N2O3. The van der Waals surface area contributed by atoms with Crippen molar-refractivity contribution in [3.8, 4) is 11.5 Å². The summed E-state index contributed by atoms with van der Waals surface area (Å²) in [5.74, 6) is 1.83. The second kappa shape index (κ2) is 6.83. The summed E-state index contributed by atoms with van der Waals surface area (Å²) in [5, 5.41) is 12.3. The van der Waals surface area contributed by atoms with Gasteiger partial charge in [0.25, 0.3) is 0 Å². The number of ether oxygens (including phenoxy) is 2. The highest BCUT2D eigenvalue weighted by Gasteiger charge is 2.74. The normalized spacial score (nSPS) is 32.4. The Balaban J connectivity index is 1.45. The molecular weight excluding hydrogens is 436 g/mol. The van der Waals surface area contributed by atoms with Crippen molar-refractivity contribution >= 4 is 10.9 Å². The standard InChI is InChI=1S/C30H34N2O3/c1-3-14-34-30-16-21-20-6-4-5-7-22(20)31(2)26(21)28-29(30)12-13-32(17-18-8-9-18)24(30)15-19-10-11-23(33)27(35-28)25(19)29/h4-7,10-11,18,24,28,33H,3,8-9,12-17H2,1-2H3/t24-,28-,29-,30+/m0/s1. The van der Waals surface area contributed by atoms with E-state index in [0.29, 0.717) is 11.8 Å². The molecule has 182 valence electrons. The molecule has 0 radical (unpaired) electrons. The fourth-order valence-electron chi connectivity index (χ4n) is 8.46. The van der Waals surface area contributed by atoms with E-state index < -0.39 is 0 Å². The summed E-state index contributed by atoms with van der Waals surface area (Å²) in [7, 11) is 2.19. The van der Waals surface area contributed by atoms with E-state index in [-0.39, 0.29) is 22.9 Å². The van der Waals surface area contributed by atoms with E-state index in [1.165, 1.54) is 52.7 Å². The van der Waals surface area contributed by atoms with Gasteiger partial charge in [-0.2, -0.15) is 0 Å². The molecule has 0 unspecified atom stereocenters. The quantitative estimate of drug-likeness (QED) is 0.569. The van der Waals surface area contributed by atoms with Crippen LogP contribution in [0.5, 0.6) is 11.5 Å². The van der Waals surface area contributed by atoms with Crippen LogP contribution < -0.4 is 4.74 Å². The number of para-hydroxylation sites is 1. The number of benzene rings is 2. The molecule has 8 rings (SSSR count). The molecule has 1 saturated heterocycles. The monoisotopic (exact) mass is 470 g/mol. The Morgan fingerprint density at radius 1 is 1.17 bits per heavy atom. The lowest BCUT2D eigenvalue weighted by Gasteiger charge is -2.64. The summed E-state index contributed by atoms with van der Waals surface area (Å²) >= 11 is 0. The molecule has 5 heteroatoms. The van der Waals surface area contributed by atoms with E-state index in [9.17, 15) is 5.11 Å². The summed E-state index contributed by atoms with van der Waals surface area (Å²) in [6.07, 6.45) is 6.47. The summed E-state index contributed by atoms with van der Waals surface area (Å²) in [4.78, 5) is 2.78. The lowest BCUT2D eigenvalue weighted by atomic mass is 9.48. The number of aromatic hydroxyl groups is 1. The third kappa shape index (κ3) is 2.37. The maximum Gasteiger partial charge on any atom is 0.166 e. The SMILES string of the molecule is CCCO[C@@]12Cc3c(n(C)c4ccccc34)[C@@H]3Oc4c(O)ccc5c4[C@@]31CCN(CC1CC1)[C@H]2C5. The third-order valence-electron chi connectivity index (χ3n) is 10.00. The zero-order valence-electron chi connectivity index (χ0n) is 20.7. The highest BCUT2D eigenvalue weighted by Crippen LogP contribution is 2.70. The topological polar surface area (TPSA) is 46.9 Å². The van der Waals surface area contributed by atoms with Crippen molar-refractivity contribution in [2.24, 2.45) is 13.0 Å². The second-order valence-electron chi connectivity index (χ2n) is 11.7. The Hall–Kier alpha value is -2.50. The van der Waals surface area contributed by atoms with Gasteiger partial charge in [-0.1, -0.05) is 31.2 Å². The molecule has 1 N–H and O–H groups in total. The van der Waals surface area contributed by atoms with Crippen LogP contribution in [-0.4, -0.2) is 45.9 Å². The number of hydrogen-bond donors (Lipinski definition) is 1. The fourth-order valence-corrected chi connectivity index (χ4v) is 8.46. The molecule has 3 heterocycles. The van der Waals surface area contributed by atoms with Crippen LogP contribution in [-0.2, 0) is 30.0 Å². The van der Waals surface area contributed by atoms with Crippen molar-refractivity contribution in [3.05, 3.63) is 58.8 Å². The summed E-state index contributed by atoms with van der Waals surface area (Å²) in [5.41, 5.74) is 5.88. The van der Waals surface area contributed by atoms with Crippen LogP contribution in [0.25, 0.3) is 10.9 Å². The Kier molecular flexibility index (Phi) is 4.03. The van der Waals surface area contributed by atoms with Gasteiger partial charge in [-0.3, -0.25) is 4.90 Å². The van der Waals surface area contributed by atoms with Gasteiger partial charge < -0.3 is 19.1 Å². The molecule has 35 heavy (non-hydrogen) atoms. The van der Waals surface area contributed by atoms with Crippen molar-refractivity contribution in [3.63, 3.8) is 0 Å². The summed E-state index contributed by atoms with van der Waals surface area (Å²) in [6, 6.07) is 13.1. The summed E-state index contributed by atoms with van der Waals surface area (Å²) < 4.78 is 16.5. The van der Waals surface area contributed by atoms with Crippen molar-refractivity contribution in [1.29, 1.82) is 0 Å². The van der Waals surface area contributed by atoms with Crippen LogP contribution in [0.1, 0.15) is 61.1 Å². The van der Waals surface area contributed by atoms with E-state index in [4.69, 9.17) is 9.47 Å². The minimum Gasteiger partial charge on any atom is -0.504 e. The Morgan fingerprint density at radius 2 is 2.03 bits per heavy atom. The minimum absolute atomic E-state index is 0.145. The van der Waals surface area contributed by atoms with E-state index >= 15 is 0 Å². The van der Waals surface area contributed by atoms with Crippen molar-refractivity contribution in [2.45, 2.75) is 68.6 Å². The number of hydrogen-bond acceptors (Lipinski definition) is 4. The highest BCUT2D eigenvalue weighted by molar-refractivity contribution is 5.87. The van der Waals surface area contributed by atoms with Gasteiger partial charge in [-0.25, -0.2) is 0 Å². The predicted molar refractivity (Wildman–Crippen MR) is 135 cm³/mol. The fraction of sp³-hybridized carbons (Fsp3) is 0.533. The average molecular weight is 471 g/mol. The maximum absolute atomic E-state index is 11.0. The zero-order valence-corrected chi connectivity index (χ0v) is 20.7. The number of aryl methyl sites for hydroxylation is 1. The Morgan fingerprint density at radius 3 is 2.86 bits per heavy atom. The van der Waals surface area contributed by atoms with Gasteiger partial charge in [0.1, 0.15) is 5.60 Å². The molecule has 0 amide bonds. The van der Waals surface area contributed by atoms with E-state index in [2.05, 4.69) is 53.8 Å². The van der Waals surface area contributed by atoms with Gasteiger partial charge in [-0.05, 0) is 67.8 Å². The van der Waals surface area contributed by atoms with Crippen LogP contribution in [0.3, 0.4) is 0 Å². The molecule has 1 spiro atoms. The largest absolute Gasteiger partial charge is 0.504 e. The Bertz CT molecular complexity index is 1370. The first-order valence-corrected chi connectivity index (χ1v) is 13.5. The maximum atomic E-state index is 11.0. The molecule has 1 saturated carbocycles. The van der Waals surface area contributed by atoms with Crippen LogP contribution in [0.2, 0.25) is 0 Å². The van der Waals surface area contributed by atoms with Gasteiger partial charge in [0.2, 0.25) is 0 Å². The number of aromatic nitrogens is 1. The summed E-state index contributed by atoms with van der Waals surface area (Å²) in [6.45, 7) is 5.24. The number of nitrogens with zero attached hydrogens (tertiary/aromatic N) is 2. The first-order chi connectivity index (χ1) is 17.1. The lowest BCUT2D eigenvalue weighted by molar-refractivity contribution is -0.205. The molecule has 2 fully saturated rings. The van der Waals surface area contributed by atoms with Crippen LogP contribution in [0.15, 0.2) is 36.4 Å². The molecule has 4 atom stereocenters. The molecule has 1 aromatic heterocycles. The van der Waals surface area contributed by atoms with E-state index in [0.717, 1.165) is 44.8 Å². The van der Waals surface area contributed by atoms with Gasteiger partial charge in [0, 0.05) is 49.1 Å². The smallest absolute Gasteiger partial charge is 0.166 e. The number of piperidine rings is 1. The first-order valence-electron chi connectivity index (χ1n) is 13.5. The zero-order chi connectivity index (χ0) is 23.5. The number of rotatable bonds is 5. The van der Waals surface area contributed by atoms with Crippen molar-refractivity contribution in [1.82, 2.24) is 9.47 Å². The highest BCUT2D eigenvalue weighted by atomic mass is 16.5. The minimum atomic E-state index is -0.357. The number of fused-ring (bicyclic) bond motifs is 4. The average Bonchev–Trinajstić information content (AvgIpc) is 3.56. The van der Waals surface area contributed by atoms with Gasteiger partial charge in [-0.15, -0.1) is 0 Å². The van der Waals surface area contributed by atoms with Crippen molar-refractivity contribution < 1.29 is 14.6 Å². The molecule has 2 bridgehead atoms. The molecule has 3 aliphatic carbocycles. The van der Waals surface area contributed by atoms with E-state index in [1.54, 1.807) is 0 Å². The van der Waals surface area contributed by atoms with Gasteiger partial charge in [0.05, 0.1) is 11.1 Å². The molecule has 5 aliphatic rings. The first kappa shape index (κ1) is 20.7. The molecule has 3 aromatic rings. The number of phenolic OH excluding ortho intramolecular Hbond substituents is 1. The molecule has 2 aromatic carbocycles. The molecule has 5 nitrogen and oxygen atoms in total. The Labute approximate surface area is 206 Å². The van der Waals surface area contributed by atoms with Crippen LogP contribution in [0.4, 0.5) is 0 Å². The second-order valence-corrected chi connectivity index (χ2v) is 11.7. The molecule has 2 aliphatic heterocycles. The van der Waals surface area contributed by atoms with Crippen LogP contribution in [0, 0.1) is 5.92 Å². The van der Waals surface area contributed by atoms with Gasteiger partial charge in [0.15, 0.2) is 17.6 Å².